The van der Waals surface area contributed by atoms with E-state index in [4.69, 9.17) is 0 Å². The van der Waals surface area contributed by atoms with Crippen LogP contribution in [0.15, 0.2) is 48.5 Å². The Morgan fingerprint density at radius 3 is 2.54 bits per heavy atom. The molecular weight excluding hydrogens is 350 g/mol. The fraction of sp³-hybridized carbons (Fsp3) is 0.391. The third kappa shape index (κ3) is 4.09. The van der Waals surface area contributed by atoms with Crippen molar-refractivity contribution in [3.05, 3.63) is 59.7 Å². The Balaban J connectivity index is 1.48. The maximum atomic E-state index is 13.1. The van der Waals surface area contributed by atoms with Crippen LogP contribution in [-0.4, -0.2) is 35.8 Å². The van der Waals surface area contributed by atoms with Crippen LogP contribution in [0.5, 0.6) is 0 Å². The highest BCUT2D eigenvalue weighted by atomic mass is 16.2. The van der Waals surface area contributed by atoms with Gasteiger partial charge in [-0.3, -0.25) is 19.4 Å². The highest BCUT2D eigenvalue weighted by Gasteiger charge is 2.33. The summed E-state index contributed by atoms with van der Waals surface area (Å²) in [6.07, 6.45) is 2.27. The highest BCUT2D eigenvalue weighted by Crippen LogP contribution is 2.31. The molecule has 28 heavy (non-hydrogen) atoms. The summed E-state index contributed by atoms with van der Waals surface area (Å²) < 4.78 is 0. The van der Waals surface area contributed by atoms with E-state index in [-0.39, 0.29) is 18.4 Å². The average Bonchev–Trinajstić information content (AvgIpc) is 3.52. The van der Waals surface area contributed by atoms with Crippen LogP contribution in [0, 0.1) is 0 Å². The number of para-hydroxylation sites is 2. The summed E-state index contributed by atoms with van der Waals surface area (Å²) in [5, 5.41) is 2.84. The number of carbonyl (C=O) groups is 2. The lowest BCUT2D eigenvalue weighted by atomic mass is 10.0. The van der Waals surface area contributed by atoms with E-state index >= 15 is 0 Å². The quantitative estimate of drug-likeness (QED) is 0.834. The zero-order valence-electron chi connectivity index (χ0n) is 16.5. The second-order valence-corrected chi connectivity index (χ2v) is 8.08. The number of carbonyl (C=O) groups excluding carboxylic acids is 2. The molecule has 0 radical (unpaired) electrons. The standard InChI is InChI=1S/C23H27N3O2/c1-16(2)18-9-7-17(8-10-18)13-25(19-11-12-19)15-23(28)26-14-22(27)24-20-5-3-4-6-21(20)26/h3-10,16,19H,11-15H2,1-2H3,(H,24,27). The molecule has 0 saturated heterocycles. The molecule has 0 atom stereocenters. The molecule has 2 aromatic carbocycles. The van der Waals surface area contributed by atoms with Crippen molar-refractivity contribution in [3.8, 4) is 0 Å². The lowest BCUT2D eigenvalue weighted by molar-refractivity contribution is -0.122. The lowest BCUT2D eigenvalue weighted by Crippen LogP contribution is -2.47. The van der Waals surface area contributed by atoms with Crippen molar-refractivity contribution >= 4 is 23.2 Å². The van der Waals surface area contributed by atoms with Gasteiger partial charge in [-0.05, 0) is 42.0 Å². The molecule has 1 N–H and O–H groups in total. The Morgan fingerprint density at radius 2 is 1.86 bits per heavy atom. The molecule has 1 aliphatic heterocycles. The van der Waals surface area contributed by atoms with Gasteiger partial charge in [0.15, 0.2) is 0 Å². The Hall–Kier alpha value is -2.66. The summed E-state index contributed by atoms with van der Waals surface area (Å²) in [6.45, 7) is 5.56. The third-order valence-electron chi connectivity index (χ3n) is 5.51. The van der Waals surface area contributed by atoms with Crippen LogP contribution in [0.2, 0.25) is 0 Å². The number of anilines is 2. The van der Waals surface area contributed by atoms with E-state index in [2.05, 4.69) is 48.3 Å². The fourth-order valence-electron chi connectivity index (χ4n) is 3.71. The van der Waals surface area contributed by atoms with Crippen LogP contribution < -0.4 is 10.2 Å². The monoisotopic (exact) mass is 377 g/mol. The van der Waals surface area contributed by atoms with Crippen LogP contribution in [0.3, 0.4) is 0 Å². The largest absolute Gasteiger partial charge is 0.323 e. The first-order valence-corrected chi connectivity index (χ1v) is 10.0. The van der Waals surface area contributed by atoms with E-state index in [0.717, 1.165) is 25.1 Å². The first-order chi connectivity index (χ1) is 13.5. The minimum Gasteiger partial charge on any atom is -0.323 e. The van der Waals surface area contributed by atoms with Crippen molar-refractivity contribution in [1.29, 1.82) is 0 Å². The number of rotatable bonds is 6. The van der Waals surface area contributed by atoms with Gasteiger partial charge in [-0.25, -0.2) is 0 Å². The molecule has 1 aliphatic carbocycles. The number of hydrogen-bond acceptors (Lipinski definition) is 3. The molecule has 0 unspecified atom stereocenters. The fourth-order valence-corrected chi connectivity index (χ4v) is 3.71. The van der Waals surface area contributed by atoms with Crippen molar-refractivity contribution in [2.45, 2.75) is 45.2 Å². The van der Waals surface area contributed by atoms with Crippen LogP contribution in [0.25, 0.3) is 0 Å². The number of fused-ring (bicyclic) bond motifs is 1. The molecule has 4 rings (SSSR count). The predicted octanol–water partition coefficient (Wildman–Crippen LogP) is 3.76. The van der Waals surface area contributed by atoms with E-state index in [1.165, 1.54) is 11.1 Å². The molecule has 2 aliphatic rings. The van der Waals surface area contributed by atoms with Crippen molar-refractivity contribution in [2.75, 3.05) is 23.3 Å². The molecule has 1 heterocycles. The van der Waals surface area contributed by atoms with E-state index in [9.17, 15) is 9.59 Å². The second kappa shape index (κ2) is 7.76. The van der Waals surface area contributed by atoms with Gasteiger partial charge in [-0.1, -0.05) is 50.2 Å². The SMILES string of the molecule is CC(C)c1ccc(CN(CC(=O)N2CC(=O)Nc3ccccc32)C2CC2)cc1. The summed E-state index contributed by atoms with van der Waals surface area (Å²) in [4.78, 5) is 29.0. The lowest BCUT2D eigenvalue weighted by Gasteiger charge is -2.31. The van der Waals surface area contributed by atoms with Gasteiger partial charge in [0, 0.05) is 12.6 Å². The van der Waals surface area contributed by atoms with Crippen molar-refractivity contribution in [2.24, 2.45) is 0 Å². The zero-order valence-corrected chi connectivity index (χ0v) is 16.5. The summed E-state index contributed by atoms with van der Waals surface area (Å²) in [6, 6.07) is 16.6. The molecule has 1 saturated carbocycles. The first-order valence-electron chi connectivity index (χ1n) is 10.0. The minimum absolute atomic E-state index is 0.0204. The van der Waals surface area contributed by atoms with Gasteiger partial charge in [0.1, 0.15) is 6.54 Å². The molecule has 0 bridgehead atoms. The van der Waals surface area contributed by atoms with Crippen molar-refractivity contribution in [3.63, 3.8) is 0 Å². The smallest absolute Gasteiger partial charge is 0.244 e. The topological polar surface area (TPSA) is 52.7 Å². The number of amides is 2. The van der Waals surface area contributed by atoms with Gasteiger partial charge < -0.3 is 5.32 Å². The Bertz CT molecular complexity index is 872. The summed E-state index contributed by atoms with van der Waals surface area (Å²) in [7, 11) is 0. The molecule has 2 aromatic rings. The maximum Gasteiger partial charge on any atom is 0.244 e. The van der Waals surface area contributed by atoms with E-state index in [1.54, 1.807) is 4.90 Å². The zero-order chi connectivity index (χ0) is 19.7. The number of nitrogens with zero attached hydrogens (tertiary/aromatic N) is 2. The summed E-state index contributed by atoms with van der Waals surface area (Å²) in [5.74, 6) is 0.350. The normalized spacial score (nSPS) is 16.3. The Morgan fingerprint density at radius 1 is 1.14 bits per heavy atom. The van der Waals surface area contributed by atoms with Gasteiger partial charge in [0.2, 0.25) is 11.8 Å². The molecule has 0 spiro atoms. The number of hydrogen-bond donors (Lipinski definition) is 1. The number of benzene rings is 2. The second-order valence-electron chi connectivity index (χ2n) is 8.08. The molecule has 2 amide bonds. The van der Waals surface area contributed by atoms with Gasteiger partial charge in [-0.2, -0.15) is 0 Å². The predicted molar refractivity (Wildman–Crippen MR) is 111 cm³/mol. The van der Waals surface area contributed by atoms with Gasteiger partial charge in [0.05, 0.1) is 17.9 Å². The van der Waals surface area contributed by atoms with Crippen molar-refractivity contribution in [1.82, 2.24) is 4.90 Å². The van der Waals surface area contributed by atoms with E-state index in [0.29, 0.717) is 24.2 Å². The summed E-state index contributed by atoms with van der Waals surface area (Å²) >= 11 is 0. The van der Waals surface area contributed by atoms with Crippen LogP contribution >= 0.6 is 0 Å². The van der Waals surface area contributed by atoms with Crippen LogP contribution in [-0.2, 0) is 16.1 Å². The van der Waals surface area contributed by atoms with Gasteiger partial charge in [0.25, 0.3) is 0 Å². The summed E-state index contributed by atoms with van der Waals surface area (Å²) in [5.41, 5.74) is 4.04. The number of nitrogens with one attached hydrogen (secondary N) is 1. The first kappa shape index (κ1) is 18.7. The van der Waals surface area contributed by atoms with Gasteiger partial charge >= 0.3 is 0 Å². The Labute approximate surface area is 166 Å². The van der Waals surface area contributed by atoms with Crippen LogP contribution in [0.4, 0.5) is 11.4 Å². The average molecular weight is 377 g/mol. The molecule has 146 valence electrons. The molecule has 5 heteroatoms. The molecule has 0 aromatic heterocycles. The minimum atomic E-state index is -0.144. The van der Waals surface area contributed by atoms with E-state index in [1.807, 2.05) is 24.3 Å². The van der Waals surface area contributed by atoms with Crippen LogP contribution in [0.1, 0.15) is 43.7 Å². The third-order valence-corrected chi connectivity index (χ3v) is 5.51. The molecule has 5 nitrogen and oxygen atoms in total. The Kier molecular flexibility index (Phi) is 5.18. The molecule has 1 fully saturated rings. The van der Waals surface area contributed by atoms with Crippen molar-refractivity contribution < 1.29 is 9.59 Å². The maximum absolute atomic E-state index is 13.1. The van der Waals surface area contributed by atoms with E-state index < -0.39 is 0 Å². The molecular formula is C23H27N3O2. The van der Waals surface area contributed by atoms with Gasteiger partial charge in [-0.15, -0.1) is 0 Å². The highest BCUT2D eigenvalue weighted by molar-refractivity contribution is 6.10.